The number of piperidine rings is 1. The predicted octanol–water partition coefficient (Wildman–Crippen LogP) is 4.05. The second-order valence-corrected chi connectivity index (χ2v) is 6.77. The molecule has 2 heterocycles. The Labute approximate surface area is 152 Å². The first kappa shape index (κ1) is 19.3. The highest BCUT2D eigenvalue weighted by Crippen LogP contribution is 2.35. The van der Waals surface area contributed by atoms with Crippen molar-refractivity contribution in [2.45, 2.75) is 31.9 Å². The zero-order chi connectivity index (χ0) is 19.8. The van der Waals surface area contributed by atoms with E-state index in [1.165, 1.54) is 21.8 Å². The van der Waals surface area contributed by atoms with Crippen LogP contribution < -0.4 is 0 Å². The van der Waals surface area contributed by atoms with Crippen LogP contribution in [-0.4, -0.2) is 39.9 Å². The lowest BCUT2D eigenvalue weighted by Crippen LogP contribution is -2.43. The molecule has 3 rings (SSSR count). The van der Waals surface area contributed by atoms with Gasteiger partial charge in [0.05, 0.1) is 0 Å². The van der Waals surface area contributed by atoms with E-state index in [1.807, 2.05) is 6.92 Å². The quantitative estimate of drug-likeness (QED) is 0.746. The SMILES string of the molecule is CC1CN(C(=O)CC(F)(F)F)CCC1c1ccnn1-c1ccc(F)cc1F. The summed E-state index contributed by atoms with van der Waals surface area (Å²) in [6, 6.07) is 4.89. The van der Waals surface area contributed by atoms with E-state index in [2.05, 4.69) is 5.10 Å². The highest BCUT2D eigenvalue weighted by atomic mass is 19.4. The lowest BCUT2D eigenvalue weighted by molar-refractivity contribution is -0.162. The van der Waals surface area contributed by atoms with Crippen LogP contribution >= 0.6 is 0 Å². The predicted molar refractivity (Wildman–Crippen MR) is 87.3 cm³/mol. The zero-order valence-corrected chi connectivity index (χ0v) is 14.5. The van der Waals surface area contributed by atoms with Crippen molar-refractivity contribution < 1.29 is 26.7 Å². The highest BCUT2D eigenvalue weighted by Gasteiger charge is 2.37. The van der Waals surface area contributed by atoms with Crippen LogP contribution in [0.15, 0.2) is 30.5 Å². The van der Waals surface area contributed by atoms with Crippen LogP contribution in [-0.2, 0) is 4.79 Å². The summed E-state index contributed by atoms with van der Waals surface area (Å²) in [5.74, 6) is -2.66. The van der Waals surface area contributed by atoms with Crippen molar-refractivity contribution in [1.29, 1.82) is 0 Å². The summed E-state index contributed by atoms with van der Waals surface area (Å²) in [4.78, 5) is 13.0. The first-order valence-electron chi connectivity index (χ1n) is 8.49. The van der Waals surface area contributed by atoms with Crippen molar-refractivity contribution in [2.75, 3.05) is 13.1 Å². The fourth-order valence-electron chi connectivity index (χ4n) is 3.54. The third-order valence-corrected chi connectivity index (χ3v) is 4.80. The summed E-state index contributed by atoms with van der Waals surface area (Å²) < 4.78 is 66.0. The maximum atomic E-state index is 14.1. The fourth-order valence-corrected chi connectivity index (χ4v) is 3.54. The van der Waals surface area contributed by atoms with Gasteiger partial charge in [-0.05, 0) is 30.5 Å². The van der Waals surface area contributed by atoms with Gasteiger partial charge >= 0.3 is 6.18 Å². The van der Waals surface area contributed by atoms with Gasteiger partial charge in [0.2, 0.25) is 5.91 Å². The van der Waals surface area contributed by atoms with Crippen molar-refractivity contribution >= 4 is 5.91 Å². The number of alkyl halides is 3. The molecule has 1 fully saturated rings. The maximum absolute atomic E-state index is 14.1. The summed E-state index contributed by atoms with van der Waals surface area (Å²) in [5, 5.41) is 4.11. The van der Waals surface area contributed by atoms with Crippen LogP contribution in [0.2, 0.25) is 0 Å². The van der Waals surface area contributed by atoms with Crippen LogP contribution in [0, 0.1) is 17.6 Å². The van der Waals surface area contributed by atoms with Crippen molar-refractivity contribution in [3.8, 4) is 5.69 Å². The van der Waals surface area contributed by atoms with E-state index >= 15 is 0 Å². The van der Waals surface area contributed by atoms with Gasteiger partial charge in [0.25, 0.3) is 0 Å². The number of aromatic nitrogens is 2. The first-order valence-corrected chi connectivity index (χ1v) is 8.49. The molecule has 2 atom stereocenters. The third kappa shape index (κ3) is 4.28. The van der Waals surface area contributed by atoms with Gasteiger partial charge in [0.15, 0.2) is 5.82 Å². The summed E-state index contributed by atoms with van der Waals surface area (Å²) in [7, 11) is 0. The standard InChI is InChI=1S/C18H18F5N3O/c1-11-10-25(17(27)9-18(21,22)23)7-5-13(11)15-4-6-24-26(15)16-3-2-12(19)8-14(16)20/h2-4,6,8,11,13H,5,7,9-10H2,1H3. The monoisotopic (exact) mass is 387 g/mol. The third-order valence-electron chi connectivity index (χ3n) is 4.80. The topological polar surface area (TPSA) is 38.1 Å². The minimum Gasteiger partial charge on any atom is -0.342 e. The van der Waals surface area contributed by atoms with Gasteiger partial charge in [-0.1, -0.05) is 6.92 Å². The number of hydrogen-bond acceptors (Lipinski definition) is 2. The highest BCUT2D eigenvalue weighted by molar-refractivity contribution is 5.77. The molecule has 0 spiro atoms. The Balaban J connectivity index is 1.78. The Hall–Kier alpha value is -2.45. The maximum Gasteiger partial charge on any atom is 0.397 e. The summed E-state index contributed by atoms with van der Waals surface area (Å²) >= 11 is 0. The number of benzene rings is 1. The molecule has 146 valence electrons. The number of halogens is 5. The Kier molecular flexibility index (Phi) is 5.21. The van der Waals surface area contributed by atoms with Gasteiger partial charge in [-0.25, -0.2) is 13.5 Å². The summed E-state index contributed by atoms with van der Waals surface area (Å²) in [6.07, 6.45) is -4.08. The molecular formula is C18H18F5N3O. The molecule has 1 aliphatic heterocycles. The van der Waals surface area contributed by atoms with Crippen LogP contribution in [0.25, 0.3) is 5.69 Å². The summed E-state index contributed by atoms with van der Waals surface area (Å²) in [5.41, 5.74) is 0.773. The van der Waals surface area contributed by atoms with Gasteiger partial charge in [-0.2, -0.15) is 18.3 Å². The van der Waals surface area contributed by atoms with Gasteiger partial charge in [0.1, 0.15) is 17.9 Å². The number of hydrogen-bond donors (Lipinski definition) is 0. The van der Waals surface area contributed by atoms with Gasteiger partial charge in [-0.3, -0.25) is 4.79 Å². The van der Waals surface area contributed by atoms with Crippen LogP contribution in [0.3, 0.4) is 0 Å². The number of rotatable bonds is 3. The van der Waals surface area contributed by atoms with Crippen molar-refractivity contribution in [3.63, 3.8) is 0 Å². The second kappa shape index (κ2) is 7.28. The molecule has 0 N–H and O–H groups in total. The van der Waals surface area contributed by atoms with Gasteiger partial charge in [-0.15, -0.1) is 0 Å². The molecule has 0 bridgehead atoms. The lowest BCUT2D eigenvalue weighted by atomic mass is 9.84. The molecular weight excluding hydrogens is 369 g/mol. The number of amides is 1. The summed E-state index contributed by atoms with van der Waals surface area (Å²) in [6.45, 7) is 2.19. The molecule has 9 heteroatoms. The average molecular weight is 387 g/mol. The van der Waals surface area contributed by atoms with Crippen molar-refractivity contribution in [3.05, 3.63) is 47.8 Å². The second-order valence-electron chi connectivity index (χ2n) is 6.77. The molecule has 1 aliphatic rings. The minimum absolute atomic E-state index is 0.0965. The molecule has 1 aromatic carbocycles. The van der Waals surface area contributed by atoms with E-state index in [0.29, 0.717) is 12.1 Å². The number of likely N-dealkylation sites (tertiary alicyclic amines) is 1. The molecule has 1 saturated heterocycles. The van der Waals surface area contributed by atoms with Crippen molar-refractivity contribution in [2.24, 2.45) is 5.92 Å². The van der Waals surface area contributed by atoms with Crippen LogP contribution in [0.4, 0.5) is 22.0 Å². The molecule has 4 nitrogen and oxygen atoms in total. The fraction of sp³-hybridized carbons (Fsp3) is 0.444. The Bertz CT molecular complexity index is 833. The van der Waals surface area contributed by atoms with Crippen molar-refractivity contribution in [1.82, 2.24) is 14.7 Å². The Morgan fingerprint density at radius 3 is 2.63 bits per heavy atom. The molecule has 0 radical (unpaired) electrons. The van der Waals surface area contributed by atoms with Crippen LogP contribution in [0.1, 0.15) is 31.4 Å². The van der Waals surface area contributed by atoms with Gasteiger partial charge < -0.3 is 4.90 Å². The molecule has 0 saturated carbocycles. The first-order chi connectivity index (χ1) is 12.7. The van der Waals surface area contributed by atoms with E-state index in [4.69, 9.17) is 0 Å². The number of carbonyl (C=O) groups is 1. The average Bonchev–Trinajstić information content (AvgIpc) is 3.02. The van der Waals surface area contributed by atoms with Crippen LogP contribution in [0.5, 0.6) is 0 Å². The Morgan fingerprint density at radius 1 is 1.26 bits per heavy atom. The molecule has 1 aromatic heterocycles. The van der Waals surface area contributed by atoms with E-state index in [-0.39, 0.29) is 30.6 Å². The van der Waals surface area contributed by atoms with E-state index in [1.54, 1.807) is 6.07 Å². The largest absolute Gasteiger partial charge is 0.397 e. The van der Waals surface area contributed by atoms with E-state index < -0.39 is 30.1 Å². The molecule has 1 amide bonds. The smallest absolute Gasteiger partial charge is 0.342 e. The lowest BCUT2D eigenvalue weighted by Gasteiger charge is -2.37. The molecule has 0 aliphatic carbocycles. The number of carbonyl (C=O) groups excluding carboxylic acids is 1. The van der Waals surface area contributed by atoms with E-state index in [9.17, 15) is 26.7 Å². The molecule has 27 heavy (non-hydrogen) atoms. The van der Waals surface area contributed by atoms with Gasteiger partial charge in [0, 0.05) is 37.0 Å². The van der Waals surface area contributed by atoms with E-state index in [0.717, 1.165) is 12.1 Å². The minimum atomic E-state index is -4.53. The normalized spacial score (nSPS) is 20.7. The zero-order valence-electron chi connectivity index (χ0n) is 14.5. The molecule has 2 unspecified atom stereocenters. The Morgan fingerprint density at radius 2 is 2.00 bits per heavy atom. The molecule has 2 aromatic rings. The number of nitrogens with zero attached hydrogens (tertiary/aromatic N) is 3.